The molecule has 2 nitrogen and oxygen atoms in total. The van der Waals surface area contributed by atoms with Crippen LogP contribution in [-0.4, -0.2) is 10.6 Å². The maximum atomic E-state index is 6.10. The van der Waals surface area contributed by atoms with E-state index in [0.717, 1.165) is 12.8 Å². The molecule has 1 unspecified atom stereocenters. The van der Waals surface area contributed by atoms with E-state index in [4.69, 9.17) is 5.73 Å². The molecule has 1 aliphatic carbocycles. The summed E-state index contributed by atoms with van der Waals surface area (Å²) in [4.78, 5) is 0. The highest BCUT2D eigenvalue weighted by Crippen LogP contribution is 2.36. The predicted molar refractivity (Wildman–Crippen MR) is 65.6 cm³/mol. The molecule has 1 aromatic carbocycles. The number of nitrogens with zero attached hydrogens (tertiary/aromatic N) is 1. The Balaban J connectivity index is 2.10. The van der Waals surface area contributed by atoms with E-state index in [1.807, 2.05) is 0 Å². The molecule has 2 heteroatoms. The average Bonchev–Trinajstić information content (AvgIpc) is 2.84. The monoisotopic (exact) mass is 212 g/mol. The Kier molecular flexibility index (Phi) is 1.59. The van der Waals surface area contributed by atoms with E-state index < -0.39 is 0 Å². The van der Waals surface area contributed by atoms with E-state index in [-0.39, 0.29) is 0 Å². The third-order valence-corrected chi connectivity index (χ3v) is 4.21. The van der Waals surface area contributed by atoms with Crippen molar-refractivity contribution in [3.8, 4) is 0 Å². The van der Waals surface area contributed by atoms with Crippen LogP contribution in [0, 0.1) is 0 Å². The van der Waals surface area contributed by atoms with Crippen LogP contribution in [0.5, 0.6) is 0 Å². The molecule has 2 N–H and O–H groups in total. The standard InChI is InChI=1S/C14H16N2/c15-10-4-5-13-12(8-10)11-3-1-2-9-6-7-16(13)14(9)11/h1-3,10H,4-8,15H2. The number of rotatable bonds is 0. The Bertz CT molecular complexity index is 580. The first kappa shape index (κ1) is 8.82. The van der Waals surface area contributed by atoms with Crippen LogP contribution in [0.1, 0.15) is 23.2 Å². The van der Waals surface area contributed by atoms with Gasteiger partial charge in [-0.1, -0.05) is 18.2 Å². The van der Waals surface area contributed by atoms with Crippen LogP contribution < -0.4 is 5.73 Å². The minimum absolute atomic E-state index is 0.370. The molecule has 82 valence electrons. The maximum absolute atomic E-state index is 6.10. The van der Waals surface area contributed by atoms with Gasteiger partial charge in [0.05, 0.1) is 5.52 Å². The molecule has 0 bridgehead atoms. The smallest absolute Gasteiger partial charge is 0.0518 e. The predicted octanol–water partition coefficient (Wildman–Crippen LogP) is 2.01. The molecule has 0 radical (unpaired) electrons. The van der Waals surface area contributed by atoms with Crippen molar-refractivity contribution in [3.63, 3.8) is 0 Å². The maximum Gasteiger partial charge on any atom is 0.0518 e. The van der Waals surface area contributed by atoms with Crippen molar-refractivity contribution in [2.24, 2.45) is 5.73 Å². The summed E-state index contributed by atoms with van der Waals surface area (Å²) in [6, 6.07) is 7.12. The highest BCUT2D eigenvalue weighted by Gasteiger charge is 2.26. The Labute approximate surface area is 95.1 Å². The van der Waals surface area contributed by atoms with Crippen molar-refractivity contribution < 1.29 is 0 Å². The summed E-state index contributed by atoms with van der Waals surface area (Å²) in [6.45, 7) is 1.18. The van der Waals surface area contributed by atoms with Gasteiger partial charge in [-0.15, -0.1) is 0 Å². The SMILES string of the molecule is NC1CCc2c(c3cccc4c3n2CC4)C1. The number of nitrogens with two attached hydrogens (primary N) is 1. The Morgan fingerprint density at radius 1 is 1.25 bits per heavy atom. The summed E-state index contributed by atoms with van der Waals surface area (Å²) in [7, 11) is 0. The molecule has 2 heterocycles. The number of hydrogen-bond acceptors (Lipinski definition) is 1. The number of para-hydroxylation sites is 1. The van der Waals surface area contributed by atoms with Gasteiger partial charge in [0.15, 0.2) is 0 Å². The molecule has 2 aliphatic rings. The molecule has 0 saturated heterocycles. The number of aryl methyl sites for hydroxylation is 2. The lowest BCUT2D eigenvalue weighted by atomic mass is 9.91. The van der Waals surface area contributed by atoms with Crippen LogP contribution in [-0.2, 0) is 25.8 Å². The fourth-order valence-corrected chi connectivity index (χ4v) is 3.49. The molecule has 4 rings (SSSR count). The van der Waals surface area contributed by atoms with Gasteiger partial charge in [0.1, 0.15) is 0 Å². The molecule has 0 fully saturated rings. The van der Waals surface area contributed by atoms with Crippen LogP contribution >= 0.6 is 0 Å². The number of fused-ring (bicyclic) bond motifs is 3. The van der Waals surface area contributed by atoms with Gasteiger partial charge in [-0.05, 0) is 36.8 Å². The van der Waals surface area contributed by atoms with Crippen LogP contribution in [0.3, 0.4) is 0 Å². The van der Waals surface area contributed by atoms with Crippen LogP contribution in [0.4, 0.5) is 0 Å². The Morgan fingerprint density at radius 3 is 3.12 bits per heavy atom. The number of benzene rings is 1. The van der Waals surface area contributed by atoms with Crippen molar-refractivity contribution in [2.75, 3.05) is 0 Å². The summed E-state index contributed by atoms with van der Waals surface area (Å²) in [5.74, 6) is 0. The summed E-state index contributed by atoms with van der Waals surface area (Å²) in [5.41, 5.74) is 12.2. The molecular formula is C14H16N2. The van der Waals surface area contributed by atoms with Crippen molar-refractivity contribution in [1.29, 1.82) is 0 Å². The lowest BCUT2D eigenvalue weighted by Crippen LogP contribution is -2.28. The number of hydrogen-bond donors (Lipinski definition) is 1. The topological polar surface area (TPSA) is 30.9 Å². The van der Waals surface area contributed by atoms with Gasteiger partial charge in [-0.3, -0.25) is 0 Å². The van der Waals surface area contributed by atoms with Crippen molar-refractivity contribution >= 4 is 10.9 Å². The second-order valence-corrected chi connectivity index (χ2v) is 5.14. The first-order valence-corrected chi connectivity index (χ1v) is 6.22. The zero-order valence-corrected chi connectivity index (χ0v) is 9.37. The van der Waals surface area contributed by atoms with Crippen molar-refractivity contribution in [1.82, 2.24) is 4.57 Å². The average molecular weight is 212 g/mol. The van der Waals surface area contributed by atoms with E-state index in [0.29, 0.717) is 6.04 Å². The summed E-state index contributed by atoms with van der Waals surface area (Å²) in [5, 5.41) is 1.47. The minimum Gasteiger partial charge on any atom is -0.344 e. The Hall–Kier alpha value is -1.28. The molecule has 1 aliphatic heterocycles. The van der Waals surface area contributed by atoms with E-state index in [1.54, 1.807) is 5.69 Å². The molecular weight excluding hydrogens is 196 g/mol. The largest absolute Gasteiger partial charge is 0.344 e. The van der Waals surface area contributed by atoms with Gasteiger partial charge in [-0.25, -0.2) is 0 Å². The normalized spacial score (nSPS) is 22.7. The third-order valence-electron chi connectivity index (χ3n) is 4.21. The molecule has 0 amide bonds. The van der Waals surface area contributed by atoms with E-state index >= 15 is 0 Å². The van der Waals surface area contributed by atoms with Gasteiger partial charge >= 0.3 is 0 Å². The first-order valence-electron chi connectivity index (χ1n) is 6.22. The third kappa shape index (κ3) is 0.957. The van der Waals surface area contributed by atoms with Gasteiger partial charge in [0.2, 0.25) is 0 Å². The summed E-state index contributed by atoms with van der Waals surface area (Å²) < 4.78 is 2.55. The summed E-state index contributed by atoms with van der Waals surface area (Å²) >= 11 is 0. The van der Waals surface area contributed by atoms with Gasteiger partial charge in [0.25, 0.3) is 0 Å². The van der Waals surface area contributed by atoms with Crippen LogP contribution in [0.15, 0.2) is 18.2 Å². The molecule has 0 spiro atoms. The van der Waals surface area contributed by atoms with E-state index in [1.165, 1.54) is 41.4 Å². The zero-order valence-electron chi connectivity index (χ0n) is 9.37. The number of aromatic nitrogens is 1. The van der Waals surface area contributed by atoms with Gasteiger partial charge < -0.3 is 10.3 Å². The molecule has 1 aromatic heterocycles. The fourth-order valence-electron chi connectivity index (χ4n) is 3.49. The van der Waals surface area contributed by atoms with Crippen LogP contribution in [0.25, 0.3) is 10.9 Å². The second kappa shape index (κ2) is 2.89. The minimum atomic E-state index is 0.370. The first-order chi connectivity index (χ1) is 7.84. The van der Waals surface area contributed by atoms with Crippen molar-refractivity contribution in [2.45, 2.75) is 38.3 Å². The van der Waals surface area contributed by atoms with Crippen molar-refractivity contribution in [3.05, 3.63) is 35.0 Å². The second-order valence-electron chi connectivity index (χ2n) is 5.14. The van der Waals surface area contributed by atoms with Gasteiger partial charge in [-0.2, -0.15) is 0 Å². The van der Waals surface area contributed by atoms with E-state index in [9.17, 15) is 0 Å². The Morgan fingerprint density at radius 2 is 2.19 bits per heavy atom. The lowest BCUT2D eigenvalue weighted by Gasteiger charge is -2.20. The zero-order chi connectivity index (χ0) is 10.7. The molecule has 2 aromatic rings. The molecule has 1 atom stereocenters. The summed E-state index contributed by atoms with van der Waals surface area (Å²) in [6.07, 6.45) is 4.61. The fraction of sp³-hybridized carbons (Fsp3) is 0.429. The van der Waals surface area contributed by atoms with Gasteiger partial charge in [0, 0.05) is 23.7 Å². The van der Waals surface area contributed by atoms with Crippen LogP contribution in [0.2, 0.25) is 0 Å². The highest BCUT2D eigenvalue weighted by molar-refractivity contribution is 5.89. The highest BCUT2D eigenvalue weighted by atomic mass is 15.0. The lowest BCUT2D eigenvalue weighted by molar-refractivity contribution is 0.552. The quantitative estimate of drug-likeness (QED) is 0.711. The molecule has 0 saturated carbocycles. The molecule has 16 heavy (non-hydrogen) atoms. The van der Waals surface area contributed by atoms with E-state index in [2.05, 4.69) is 22.8 Å².